The Labute approximate surface area is 72.0 Å². The molecule has 1 saturated heterocycles. The van der Waals surface area contributed by atoms with Crippen LogP contribution in [0.25, 0.3) is 0 Å². The molecule has 2 unspecified atom stereocenters. The van der Waals surface area contributed by atoms with Gasteiger partial charge in [-0.05, 0) is 22.9 Å². The van der Waals surface area contributed by atoms with Crippen molar-refractivity contribution in [3.63, 3.8) is 0 Å². The Bertz CT molecular complexity index is 171. The van der Waals surface area contributed by atoms with Gasteiger partial charge in [0.1, 0.15) is 12.7 Å². The van der Waals surface area contributed by atoms with Gasteiger partial charge in [-0.25, -0.2) is 9.18 Å². The minimum absolute atomic E-state index is 0.0194. The SMILES string of the molecule is CCOC1COC(=O)C1(F)Br. The summed E-state index contributed by atoms with van der Waals surface area (Å²) in [6.07, 6.45) is -0.819. The number of alkyl halides is 2. The van der Waals surface area contributed by atoms with E-state index in [0.717, 1.165) is 0 Å². The molecule has 0 amide bonds. The maximum Gasteiger partial charge on any atom is 0.358 e. The van der Waals surface area contributed by atoms with Crippen molar-refractivity contribution in [2.75, 3.05) is 13.2 Å². The van der Waals surface area contributed by atoms with E-state index in [1.165, 1.54) is 0 Å². The first-order valence-electron chi connectivity index (χ1n) is 3.25. The monoisotopic (exact) mass is 226 g/mol. The average molecular weight is 227 g/mol. The molecule has 5 heteroatoms. The van der Waals surface area contributed by atoms with Crippen molar-refractivity contribution in [3.05, 3.63) is 0 Å². The van der Waals surface area contributed by atoms with E-state index in [2.05, 4.69) is 20.7 Å². The standard InChI is InChI=1S/C6H8BrFO3/c1-2-10-4-3-11-5(9)6(4,7)8/h4H,2-3H2,1H3. The summed E-state index contributed by atoms with van der Waals surface area (Å²) in [5.41, 5.74) is 0. The first kappa shape index (κ1) is 8.93. The number of esters is 1. The fourth-order valence-corrected chi connectivity index (χ4v) is 1.22. The number of hydrogen-bond donors (Lipinski definition) is 0. The number of hydrogen-bond acceptors (Lipinski definition) is 3. The zero-order valence-electron chi connectivity index (χ0n) is 5.97. The Balaban J connectivity index is 2.62. The molecule has 0 spiro atoms. The molecule has 0 N–H and O–H groups in total. The van der Waals surface area contributed by atoms with Crippen LogP contribution in [0.3, 0.4) is 0 Å². The molecule has 0 aromatic heterocycles. The van der Waals surface area contributed by atoms with Gasteiger partial charge in [0.25, 0.3) is 4.58 Å². The second kappa shape index (κ2) is 3.06. The van der Waals surface area contributed by atoms with Crippen LogP contribution in [-0.4, -0.2) is 29.9 Å². The van der Waals surface area contributed by atoms with Crippen molar-refractivity contribution >= 4 is 21.9 Å². The molecule has 1 rings (SSSR count). The minimum Gasteiger partial charge on any atom is -0.460 e. The van der Waals surface area contributed by atoms with Crippen molar-refractivity contribution in [1.82, 2.24) is 0 Å². The largest absolute Gasteiger partial charge is 0.460 e. The molecule has 0 saturated carbocycles. The predicted octanol–water partition coefficient (Wildman–Crippen LogP) is 1.01. The van der Waals surface area contributed by atoms with E-state index in [4.69, 9.17) is 4.74 Å². The molecule has 0 aliphatic carbocycles. The molecular formula is C6H8BrFO3. The average Bonchev–Trinajstić information content (AvgIpc) is 2.16. The third kappa shape index (κ3) is 1.54. The Morgan fingerprint density at radius 3 is 3.00 bits per heavy atom. The van der Waals surface area contributed by atoms with E-state index >= 15 is 0 Å². The van der Waals surface area contributed by atoms with Crippen molar-refractivity contribution in [1.29, 1.82) is 0 Å². The molecule has 1 aliphatic heterocycles. The molecule has 0 aromatic rings. The van der Waals surface area contributed by atoms with Gasteiger partial charge in [0.05, 0.1) is 0 Å². The number of rotatable bonds is 2. The lowest BCUT2D eigenvalue weighted by atomic mass is 10.3. The van der Waals surface area contributed by atoms with Crippen LogP contribution in [0.5, 0.6) is 0 Å². The number of carbonyl (C=O) groups excluding carboxylic acids is 1. The fourth-order valence-electron chi connectivity index (χ4n) is 0.838. The lowest BCUT2D eigenvalue weighted by Gasteiger charge is -2.14. The molecule has 3 nitrogen and oxygen atoms in total. The van der Waals surface area contributed by atoms with Gasteiger partial charge in [-0.1, -0.05) is 0 Å². The zero-order valence-corrected chi connectivity index (χ0v) is 7.56. The molecular weight excluding hydrogens is 219 g/mol. The summed E-state index contributed by atoms with van der Waals surface area (Å²) in [6.45, 7) is 2.07. The molecule has 0 bridgehead atoms. The minimum atomic E-state index is -2.15. The molecule has 1 heterocycles. The van der Waals surface area contributed by atoms with Gasteiger partial charge in [-0.15, -0.1) is 0 Å². The first-order valence-corrected chi connectivity index (χ1v) is 4.05. The van der Waals surface area contributed by atoms with Crippen LogP contribution in [0.4, 0.5) is 4.39 Å². The Kier molecular flexibility index (Phi) is 2.49. The van der Waals surface area contributed by atoms with E-state index < -0.39 is 16.7 Å². The van der Waals surface area contributed by atoms with Crippen LogP contribution in [0.2, 0.25) is 0 Å². The summed E-state index contributed by atoms with van der Waals surface area (Å²) in [6, 6.07) is 0. The van der Waals surface area contributed by atoms with Gasteiger partial charge in [0.15, 0.2) is 0 Å². The van der Waals surface area contributed by atoms with Gasteiger partial charge in [-0.3, -0.25) is 0 Å². The smallest absolute Gasteiger partial charge is 0.358 e. The summed E-state index contributed by atoms with van der Waals surface area (Å²) in [5, 5.41) is 0. The normalized spacial score (nSPS) is 37.4. The van der Waals surface area contributed by atoms with Crippen LogP contribution in [0.15, 0.2) is 0 Å². The van der Waals surface area contributed by atoms with E-state index in [0.29, 0.717) is 6.61 Å². The summed E-state index contributed by atoms with van der Waals surface area (Å²) in [4.78, 5) is 10.7. The lowest BCUT2D eigenvalue weighted by molar-refractivity contribution is -0.143. The molecule has 1 fully saturated rings. The highest BCUT2D eigenvalue weighted by atomic mass is 79.9. The number of cyclic esters (lactones) is 1. The van der Waals surface area contributed by atoms with Crippen LogP contribution < -0.4 is 0 Å². The predicted molar refractivity (Wildman–Crippen MR) is 39.1 cm³/mol. The molecule has 1 aliphatic rings. The summed E-state index contributed by atoms with van der Waals surface area (Å²) in [7, 11) is 0. The Morgan fingerprint density at radius 1 is 2.00 bits per heavy atom. The van der Waals surface area contributed by atoms with Crippen molar-refractivity contribution in [2.45, 2.75) is 17.6 Å². The maximum absolute atomic E-state index is 13.2. The van der Waals surface area contributed by atoms with Gasteiger partial charge in [0.2, 0.25) is 0 Å². The summed E-state index contributed by atoms with van der Waals surface area (Å²) < 4.78 is 20.4. The summed E-state index contributed by atoms with van der Waals surface area (Å²) >= 11 is 2.61. The van der Waals surface area contributed by atoms with E-state index in [1.54, 1.807) is 6.92 Å². The molecule has 64 valence electrons. The quantitative estimate of drug-likeness (QED) is 0.521. The molecule has 11 heavy (non-hydrogen) atoms. The third-order valence-electron chi connectivity index (χ3n) is 1.41. The highest BCUT2D eigenvalue weighted by Crippen LogP contribution is 2.33. The van der Waals surface area contributed by atoms with Crippen molar-refractivity contribution in [2.24, 2.45) is 0 Å². The van der Waals surface area contributed by atoms with Crippen LogP contribution >= 0.6 is 15.9 Å². The van der Waals surface area contributed by atoms with E-state index in [-0.39, 0.29) is 6.61 Å². The van der Waals surface area contributed by atoms with Crippen LogP contribution in [0, 0.1) is 0 Å². The number of halogens is 2. The molecule has 0 aromatic carbocycles. The topological polar surface area (TPSA) is 35.5 Å². The first-order chi connectivity index (χ1) is 5.09. The zero-order chi connectivity index (χ0) is 8.48. The van der Waals surface area contributed by atoms with Crippen LogP contribution in [-0.2, 0) is 14.3 Å². The van der Waals surface area contributed by atoms with Gasteiger partial charge in [-0.2, -0.15) is 0 Å². The second-order valence-electron chi connectivity index (χ2n) is 2.17. The highest BCUT2D eigenvalue weighted by molar-refractivity contribution is 9.10. The third-order valence-corrected chi connectivity index (χ3v) is 2.24. The fraction of sp³-hybridized carbons (Fsp3) is 0.833. The van der Waals surface area contributed by atoms with Crippen molar-refractivity contribution < 1.29 is 18.7 Å². The van der Waals surface area contributed by atoms with Gasteiger partial charge in [0, 0.05) is 6.61 Å². The number of ether oxygens (including phenoxy) is 2. The molecule has 2 atom stereocenters. The second-order valence-corrected chi connectivity index (χ2v) is 3.32. The highest BCUT2D eigenvalue weighted by Gasteiger charge is 2.52. The Hall–Kier alpha value is -0.160. The van der Waals surface area contributed by atoms with Gasteiger partial charge < -0.3 is 9.47 Å². The Morgan fingerprint density at radius 2 is 2.64 bits per heavy atom. The molecule has 0 radical (unpaired) electrons. The van der Waals surface area contributed by atoms with Crippen molar-refractivity contribution in [3.8, 4) is 0 Å². The maximum atomic E-state index is 13.2. The van der Waals surface area contributed by atoms with E-state index in [9.17, 15) is 9.18 Å². The van der Waals surface area contributed by atoms with Gasteiger partial charge >= 0.3 is 5.97 Å². The lowest BCUT2D eigenvalue weighted by Crippen LogP contribution is -2.35. The van der Waals surface area contributed by atoms with E-state index in [1.807, 2.05) is 0 Å². The van der Waals surface area contributed by atoms with Crippen LogP contribution in [0.1, 0.15) is 6.92 Å². The summed E-state index contributed by atoms with van der Waals surface area (Å²) in [5.74, 6) is -0.907. The number of carbonyl (C=O) groups is 1.